The molecular weight excluding hydrogens is 206 g/mol. The molecule has 16 heavy (non-hydrogen) atoms. The lowest BCUT2D eigenvalue weighted by molar-refractivity contribution is -0.0662. The van der Waals surface area contributed by atoms with Gasteiger partial charge in [0.1, 0.15) is 6.10 Å². The van der Waals surface area contributed by atoms with Crippen LogP contribution in [0, 0.1) is 0 Å². The summed E-state index contributed by atoms with van der Waals surface area (Å²) in [6, 6.07) is 0. The molecule has 5 nitrogen and oxygen atoms in total. The molecule has 0 amide bonds. The normalized spacial score (nSPS) is 23.2. The van der Waals surface area contributed by atoms with Gasteiger partial charge in [-0.1, -0.05) is 12.1 Å². The molecular formula is C11H19N3O2. The molecule has 0 spiro atoms. The second-order valence-corrected chi connectivity index (χ2v) is 4.23. The van der Waals surface area contributed by atoms with Crippen LogP contribution in [0.5, 0.6) is 0 Å². The minimum absolute atomic E-state index is 0.0946. The predicted octanol–water partition coefficient (Wildman–Crippen LogP) is 1.29. The van der Waals surface area contributed by atoms with E-state index in [0.29, 0.717) is 0 Å². The first-order chi connectivity index (χ1) is 7.83. The molecule has 0 saturated carbocycles. The Morgan fingerprint density at radius 3 is 3.19 bits per heavy atom. The molecule has 0 aliphatic carbocycles. The summed E-state index contributed by atoms with van der Waals surface area (Å²) in [5.74, 6) is 0. The largest absolute Gasteiger partial charge is 0.384 e. The molecule has 1 aliphatic rings. The average Bonchev–Trinajstić information content (AvgIpc) is 2.78. The zero-order valence-electron chi connectivity index (χ0n) is 9.67. The molecule has 1 fully saturated rings. The molecule has 1 aliphatic heterocycles. The maximum atomic E-state index is 10.2. The minimum Gasteiger partial charge on any atom is -0.384 e. The highest BCUT2D eigenvalue weighted by molar-refractivity contribution is 5.02. The lowest BCUT2D eigenvalue weighted by Crippen LogP contribution is -2.28. The molecule has 2 heterocycles. The first-order valence-electron chi connectivity index (χ1n) is 6.01. The number of nitrogens with zero attached hydrogens (tertiary/aromatic N) is 3. The topological polar surface area (TPSA) is 60.2 Å². The predicted molar refractivity (Wildman–Crippen MR) is 58.9 cm³/mol. The van der Waals surface area contributed by atoms with Gasteiger partial charge in [-0.15, -0.1) is 5.10 Å². The van der Waals surface area contributed by atoms with E-state index in [0.717, 1.165) is 44.5 Å². The van der Waals surface area contributed by atoms with Crippen molar-refractivity contribution in [2.24, 2.45) is 0 Å². The van der Waals surface area contributed by atoms with Gasteiger partial charge >= 0.3 is 0 Å². The number of aliphatic hydroxyl groups excluding tert-OH is 1. The van der Waals surface area contributed by atoms with E-state index in [1.165, 1.54) is 0 Å². The fourth-order valence-corrected chi connectivity index (χ4v) is 2.09. The van der Waals surface area contributed by atoms with E-state index in [9.17, 15) is 5.11 Å². The molecule has 1 saturated heterocycles. The van der Waals surface area contributed by atoms with Crippen LogP contribution in [-0.2, 0) is 11.3 Å². The van der Waals surface area contributed by atoms with Crippen LogP contribution < -0.4 is 0 Å². The van der Waals surface area contributed by atoms with E-state index >= 15 is 0 Å². The second kappa shape index (κ2) is 5.41. The van der Waals surface area contributed by atoms with Gasteiger partial charge in [0.2, 0.25) is 0 Å². The van der Waals surface area contributed by atoms with Crippen molar-refractivity contribution < 1.29 is 9.84 Å². The Kier molecular flexibility index (Phi) is 3.90. The van der Waals surface area contributed by atoms with Crippen LogP contribution in [0.1, 0.15) is 44.4 Å². The van der Waals surface area contributed by atoms with Gasteiger partial charge in [-0.3, -0.25) is 0 Å². The van der Waals surface area contributed by atoms with E-state index in [2.05, 4.69) is 17.2 Å². The van der Waals surface area contributed by atoms with Crippen LogP contribution in [-0.4, -0.2) is 32.8 Å². The number of hydrogen-bond donors (Lipinski definition) is 1. The van der Waals surface area contributed by atoms with Crippen LogP contribution in [0.15, 0.2) is 6.20 Å². The molecule has 0 aromatic carbocycles. The first kappa shape index (κ1) is 11.5. The van der Waals surface area contributed by atoms with Crippen molar-refractivity contribution >= 4 is 0 Å². The molecule has 1 N–H and O–H groups in total. The average molecular weight is 225 g/mol. The summed E-state index contributed by atoms with van der Waals surface area (Å²) < 4.78 is 7.34. The monoisotopic (exact) mass is 225 g/mol. The van der Waals surface area contributed by atoms with Gasteiger partial charge in [0.25, 0.3) is 0 Å². The van der Waals surface area contributed by atoms with Gasteiger partial charge in [0.15, 0.2) is 0 Å². The van der Waals surface area contributed by atoms with Crippen molar-refractivity contribution in [3.63, 3.8) is 0 Å². The van der Waals surface area contributed by atoms with Gasteiger partial charge in [-0.2, -0.15) is 0 Å². The summed E-state index contributed by atoms with van der Waals surface area (Å²) in [5, 5.41) is 18.0. The maximum absolute atomic E-state index is 10.2. The smallest absolute Gasteiger partial charge is 0.123 e. The third kappa shape index (κ3) is 2.41. The van der Waals surface area contributed by atoms with Crippen LogP contribution in [0.25, 0.3) is 0 Å². The van der Waals surface area contributed by atoms with Crippen LogP contribution >= 0.6 is 0 Å². The minimum atomic E-state index is -0.596. The molecule has 2 unspecified atom stereocenters. The summed E-state index contributed by atoms with van der Waals surface area (Å²) in [5.41, 5.74) is 0.772. The van der Waals surface area contributed by atoms with Crippen molar-refractivity contribution in [1.82, 2.24) is 15.0 Å². The van der Waals surface area contributed by atoms with E-state index in [1.807, 2.05) is 0 Å². The number of aryl methyl sites for hydroxylation is 1. The number of rotatable bonds is 4. The SMILES string of the molecule is CCCn1nncc1C(O)C1CCCCO1. The Morgan fingerprint density at radius 2 is 2.50 bits per heavy atom. The van der Waals surface area contributed by atoms with E-state index in [1.54, 1.807) is 10.9 Å². The number of aromatic nitrogens is 3. The van der Waals surface area contributed by atoms with Gasteiger partial charge < -0.3 is 9.84 Å². The van der Waals surface area contributed by atoms with E-state index in [4.69, 9.17) is 4.74 Å². The molecule has 2 rings (SSSR count). The Balaban J connectivity index is 2.06. The lowest BCUT2D eigenvalue weighted by atomic mass is 10.0. The second-order valence-electron chi connectivity index (χ2n) is 4.23. The summed E-state index contributed by atoms with van der Waals surface area (Å²) in [6.07, 6.45) is 5.06. The molecule has 1 aromatic rings. The third-order valence-corrected chi connectivity index (χ3v) is 2.95. The van der Waals surface area contributed by atoms with Gasteiger partial charge in [0, 0.05) is 13.2 Å². The fraction of sp³-hybridized carbons (Fsp3) is 0.818. The van der Waals surface area contributed by atoms with Crippen molar-refractivity contribution in [2.45, 2.75) is 51.4 Å². The highest BCUT2D eigenvalue weighted by atomic mass is 16.5. The van der Waals surface area contributed by atoms with Crippen LogP contribution in [0.2, 0.25) is 0 Å². The standard InChI is InChI=1S/C11H19N3O2/c1-2-6-14-9(8-12-13-14)11(15)10-5-3-4-7-16-10/h8,10-11,15H,2-7H2,1H3. The number of aliphatic hydroxyl groups is 1. The molecule has 2 atom stereocenters. The number of hydrogen-bond acceptors (Lipinski definition) is 4. The van der Waals surface area contributed by atoms with Crippen LogP contribution in [0.4, 0.5) is 0 Å². The Hall–Kier alpha value is -0.940. The molecule has 1 aromatic heterocycles. The third-order valence-electron chi connectivity index (χ3n) is 2.95. The summed E-state index contributed by atoms with van der Waals surface area (Å²) in [7, 11) is 0. The van der Waals surface area contributed by atoms with E-state index < -0.39 is 6.10 Å². The zero-order valence-corrected chi connectivity index (χ0v) is 9.67. The Bertz CT molecular complexity index is 321. The Labute approximate surface area is 95.4 Å². The van der Waals surface area contributed by atoms with E-state index in [-0.39, 0.29) is 6.10 Å². The van der Waals surface area contributed by atoms with Gasteiger partial charge in [-0.05, 0) is 25.7 Å². The quantitative estimate of drug-likeness (QED) is 0.838. The number of ether oxygens (including phenoxy) is 1. The molecule has 0 radical (unpaired) electrons. The first-order valence-corrected chi connectivity index (χ1v) is 6.01. The summed E-state index contributed by atoms with van der Waals surface area (Å²) in [4.78, 5) is 0. The van der Waals surface area contributed by atoms with Gasteiger partial charge in [0.05, 0.1) is 18.0 Å². The fourth-order valence-electron chi connectivity index (χ4n) is 2.09. The Morgan fingerprint density at radius 1 is 1.62 bits per heavy atom. The van der Waals surface area contributed by atoms with Gasteiger partial charge in [-0.25, -0.2) is 4.68 Å². The van der Waals surface area contributed by atoms with Crippen molar-refractivity contribution in [3.8, 4) is 0 Å². The highest BCUT2D eigenvalue weighted by Gasteiger charge is 2.26. The zero-order chi connectivity index (χ0) is 11.4. The van der Waals surface area contributed by atoms with Crippen molar-refractivity contribution in [3.05, 3.63) is 11.9 Å². The highest BCUT2D eigenvalue weighted by Crippen LogP contribution is 2.25. The van der Waals surface area contributed by atoms with Crippen molar-refractivity contribution in [1.29, 1.82) is 0 Å². The summed E-state index contributed by atoms with van der Waals surface area (Å²) in [6.45, 7) is 3.62. The molecule has 90 valence electrons. The van der Waals surface area contributed by atoms with Crippen molar-refractivity contribution in [2.75, 3.05) is 6.61 Å². The summed E-state index contributed by atoms with van der Waals surface area (Å²) >= 11 is 0. The van der Waals surface area contributed by atoms with Crippen LogP contribution in [0.3, 0.4) is 0 Å². The molecule has 5 heteroatoms. The molecule has 0 bridgehead atoms. The maximum Gasteiger partial charge on any atom is 0.123 e. The lowest BCUT2D eigenvalue weighted by Gasteiger charge is -2.27.